The Kier molecular flexibility index (Phi) is 4.19. The molecule has 1 aromatic heterocycles. The summed E-state index contributed by atoms with van der Waals surface area (Å²) in [6.07, 6.45) is 1.84. The van der Waals surface area contributed by atoms with Gasteiger partial charge in [0, 0.05) is 49.7 Å². The van der Waals surface area contributed by atoms with Crippen LogP contribution in [0.15, 0.2) is 6.20 Å². The molecule has 18 heavy (non-hydrogen) atoms. The van der Waals surface area contributed by atoms with E-state index in [1.807, 2.05) is 24.9 Å². The van der Waals surface area contributed by atoms with Crippen LogP contribution in [-0.2, 0) is 11.3 Å². The van der Waals surface area contributed by atoms with Crippen molar-refractivity contribution >= 4 is 22.4 Å². The first-order chi connectivity index (χ1) is 8.56. The second-order valence-corrected chi connectivity index (χ2v) is 6.07. The summed E-state index contributed by atoms with van der Waals surface area (Å²) in [4.78, 5) is 21.4. The largest absolute Gasteiger partial charge is 0.375 e. The van der Waals surface area contributed by atoms with E-state index in [9.17, 15) is 4.79 Å². The van der Waals surface area contributed by atoms with Crippen LogP contribution >= 0.6 is 11.3 Å². The van der Waals surface area contributed by atoms with E-state index >= 15 is 0 Å². The Morgan fingerprint density at radius 2 is 2.11 bits per heavy atom. The highest BCUT2D eigenvalue weighted by molar-refractivity contribution is 7.15. The average molecular weight is 268 g/mol. The molecule has 0 atom stereocenters. The van der Waals surface area contributed by atoms with Gasteiger partial charge in [0.15, 0.2) is 5.13 Å². The molecule has 1 aromatic rings. The topological polar surface area (TPSA) is 62.5 Å². The highest BCUT2D eigenvalue weighted by atomic mass is 32.1. The molecule has 0 aromatic carbocycles. The summed E-state index contributed by atoms with van der Waals surface area (Å²) in [6.45, 7) is 8.30. The van der Waals surface area contributed by atoms with Crippen LogP contribution < -0.4 is 5.73 Å². The number of piperazine rings is 1. The molecule has 0 aliphatic carbocycles. The lowest BCUT2D eigenvalue weighted by atomic mass is 10.1. The number of nitrogens with zero attached hydrogens (tertiary/aromatic N) is 3. The second kappa shape index (κ2) is 5.67. The maximum Gasteiger partial charge on any atom is 0.225 e. The van der Waals surface area contributed by atoms with Gasteiger partial charge in [-0.2, -0.15) is 0 Å². The lowest BCUT2D eigenvalue weighted by molar-refractivity contribution is -0.136. The number of thiazole rings is 1. The van der Waals surface area contributed by atoms with E-state index < -0.39 is 0 Å². The van der Waals surface area contributed by atoms with Gasteiger partial charge in [0.05, 0.1) is 0 Å². The highest BCUT2D eigenvalue weighted by Gasteiger charge is 2.22. The van der Waals surface area contributed by atoms with Gasteiger partial charge in [-0.1, -0.05) is 13.8 Å². The fraction of sp³-hybridized carbons (Fsp3) is 0.667. The monoisotopic (exact) mass is 268 g/mol. The zero-order valence-corrected chi connectivity index (χ0v) is 11.7. The third-order valence-electron chi connectivity index (χ3n) is 3.13. The standard InChI is InChI=1S/C12H20N4OS/c1-9(2)11(17)16-5-3-15(4-6-16)8-10-7-14-12(13)18-10/h7,9H,3-6,8H2,1-2H3,(H2,13,14). The number of rotatable bonds is 3. The lowest BCUT2D eigenvalue weighted by Gasteiger charge is -2.35. The molecule has 2 heterocycles. The highest BCUT2D eigenvalue weighted by Crippen LogP contribution is 2.17. The summed E-state index contributed by atoms with van der Waals surface area (Å²) in [5.41, 5.74) is 5.61. The fourth-order valence-electron chi connectivity index (χ4n) is 2.11. The maximum absolute atomic E-state index is 11.8. The van der Waals surface area contributed by atoms with Crippen LogP contribution in [-0.4, -0.2) is 46.9 Å². The van der Waals surface area contributed by atoms with Crippen LogP contribution in [0.4, 0.5) is 5.13 Å². The van der Waals surface area contributed by atoms with Crippen LogP contribution in [0.1, 0.15) is 18.7 Å². The molecule has 0 unspecified atom stereocenters. The number of hydrogen-bond acceptors (Lipinski definition) is 5. The molecule has 0 spiro atoms. The fourth-order valence-corrected chi connectivity index (χ4v) is 2.83. The first-order valence-electron chi connectivity index (χ1n) is 6.27. The Hall–Kier alpha value is -1.14. The first-order valence-corrected chi connectivity index (χ1v) is 7.09. The summed E-state index contributed by atoms with van der Waals surface area (Å²) in [6, 6.07) is 0. The third-order valence-corrected chi connectivity index (χ3v) is 3.94. The minimum Gasteiger partial charge on any atom is -0.375 e. The van der Waals surface area contributed by atoms with E-state index in [0.717, 1.165) is 32.7 Å². The van der Waals surface area contributed by atoms with Gasteiger partial charge in [-0.25, -0.2) is 4.98 Å². The Bertz CT molecular complexity index is 410. The molecule has 0 radical (unpaired) electrons. The number of amides is 1. The molecule has 1 fully saturated rings. The molecule has 100 valence electrons. The van der Waals surface area contributed by atoms with Gasteiger partial charge < -0.3 is 10.6 Å². The number of aromatic nitrogens is 1. The molecule has 0 saturated carbocycles. The molecule has 1 aliphatic rings. The molecule has 2 rings (SSSR count). The molecular weight excluding hydrogens is 248 g/mol. The molecule has 1 aliphatic heterocycles. The summed E-state index contributed by atoms with van der Waals surface area (Å²) in [5.74, 6) is 0.356. The molecule has 6 heteroatoms. The van der Waals surface area contributed by atoms with Gasteiger partial charge in [0.2, 0.25) is 5.91 Å². The number of carbonyl (C=O) groups is 1. The van der Waals surface area contributed by atoms with Crippen molar-refractivity contribution in [2.75, 3.05) is 31.9 Å². The van der Waals surface area contributed by atoms with Gasteiger partial charge in [-0.3, -0.25) is 9.69 Å². The molecule has 5 nitrogen and oxygen atoms in total. The quantitative estimate of drug-likeness (QED) is 0.889. The number of nitrogen functional groups attached to an aromatic ring is 1. The number of hydrogen-bond donors (Lipinski definition) is 1. The van der Waals surface area contributed by atoms with Crippen LogP contribution in [0.25, 0.3) is 0 Å². The molecule has 1 amide bonds. The lowest BCUT2D eigenvalue weighted by Crippen LogP contribution is -2.49. The van der Waals surface area contributed by atoms with Gasteiger partial charge in [-0.15, -0.1) is 11.3 Å². The van der Waals surface area contributed by atoms with E-state index in [1.54, 1.807) is 0 Å². The van der Waals surface area contributed by atoms with Gasteiger partial charge in [0.1, 0.15) is 0 Å². The van der Waals surface area contributed by atoms with Gasteiger partial charge in [0.25, 0.3) is 0 Å². The van der Waals surface area contributed by atoms with E-state index in [1.165, 1.54) is 16.2 Å². The van der Waals surface area contributed by atoms with Crippen molar-refractivity contribution in [3.8, 4) is 0 Å². The predicted molar refractivity (Wildman–Crippen MR) is 73.2 cm³/mol. The van der Waals surface area contributed by atoms with Crippen LogP contribution in [0.3, 0.4) is 0 Å². The SMILES string of the molecule is CC(C)C(=O)N1CCN(Cc2cnc(N)s2)CC1. The molecule has 2 N–H and O–H groups in total. The number of nitrogens with two attached hydrogens (primary N) is 1. The minimum atomic E-state index is 0.0952. The van der Waals surface area contributed by atoms with Crippen molar-refractivity contribution in [2.24, 2.45) is 5.92 Å². The summed E-state index contributed by atoms with van der Waals surface area (Å²) in [5, 5.41) is 0.624. The molecular formula is C12H20N4OS. The number of anilines is 1. The Labute approximate surface area is 112 Å². The van der Waals surface area contributed by atoms with Crippen molar-refractivity contribution in [1.29, 1.82) is 0 Å². The van der Waals surface area contributed by atoms with Crippen LogP contribution in [0, 0.1) is 5.92 Å². The summed E-state index contributed by atoms with van der Waals surface area (Å²) >= 11 is 1.54. The maximum atomic E-state index is 11.8. The van der Waals surface area contributed by atoms with Crippen LogP contribution in [0.2, 0.25) is 0 Å². The number of carbonyl (C=O) groups excluding carboxylic acids is 1. The third kappa shape index (κ3) is 3.20. The van der Waals surface area contributed by atoms with Crippen molar-refractivity contribution in [3.63, 3.8) is 0 Å². The van der Waals surface area contributed by atoms with Gasteiger partial charge in [-0.05, 0) is 0 Å². The van der Waals surface area contributed by atoms with Crippen molar-refractivity contribution in [3.05, 3.63) is 11.1 Å². The van der Waals surface area contributed by atoms with E-state index in [0.29, 0.717) is 5.13 Å². The Morgan fingerprint density at radius 1 is 1.44 bits per heavy atom. The van der Waals surface area contributed by atoms with E-state index in [2.05, 4.69) is 9.88 Å². The minimum absolute atomic E-state index is 0.0952. The average Bonchev–Trinajstić information content (AvgIpc) is 2.75. The zero-order chi connectivity index (χ0) is 13.1. The first kappa shape index (κ1) is 13.3. The van der Waals surface area contributed by atoms with Crippen molar-refractivity contribution < 1.29 is 4.79 Å². The van der Waals surface area contributed by atoms with Gasteiger partial charge >= 0.3 is 0 Å². The second-order valence-electron chi connectivity index (χ2n) is 4.92. The van der Waals surface area contributed by atoms with E-state index in [-0.39, 0.29) is 11.8 Å². The predicted octanol–water partition coefficient (Wildman–Crippen LogP) is 1.03. The van der Waals surface area contributed by atoms with Crippen molar-refractivity contribution in [1.82, 2.24) is 14.8 Å². The Morgan fingerprint density at radius 3 is 2.61 bits per heavy atom. The van der Waals surface area contributed by atoms with Crippen LogP contribution in [0.5, 0.6) is 0 Å². The normalized spacial score (nSPS) is 17.4. The van der Waals surface area contributed by atoms with Crippen molar-refractivity contribution in [2.45, 2.75) is 20.4 Å². The molecule has 0 bridgehead atoms. The summed E-state index contributed by atoms with van der Waals surface area (Å²) < 4.78 is 0. The smallest absolute Gasteiger partial charge is 0.225 e. The Balaban J connectivity index is 1.82. The zero-order valence-electron chi connectivity index (χ0n) is 10.9. The summed E-state index contributed by atoms with van der Waals surface area (Å²) in [7, 11) is 0. The van der Waals surface area contributed by atoms with E-state index in [4.69, 9.17) is 5.73 Å². The molecule has 1 saturated heterocycles.